The van der Waals surface area contributed by atoms with Gasteiger partial charge in [-0.25, -0.2) is 9.78 Å². The first-order chi connectivity index (χ1) is 15.9. The van der Waals surface area contributed by atoms with Gasteiger partial charge in [-0.05, 0) is 66.5 Å². The lowest BCUT2D eigenvalue weighted by atomic mass is 9.96. The van der Waals surface area contributed by atoms with Gasteiger partial charge in [0.15, 0.2) is 5.60 Å². The highest BCUT2D eigenvalue weighted by Crippen LogP contribution is 2.27. The number of carbonyl (C=O) groups excluding carboxylic acids is 2. The minimum Gasteiger partial charge on any atom is -0.460 e. The van der Waals surface area contributed by atoms with Crippen molar-refractivity contribution in [3.8, 4) is 5.88 Å². The lowest BCUT2D eigenvalue weighted by Gasteiger charge is -2.40. The van der Waals surface area contributed by atoms with Gasteiger partial charge in [-0.1, -0.05) is 18.2 Å². The lowest BCUT2D eigenvalue weighted by Crippen LogP contribution is -2.54. The van der Waals surface area contributed by atoms with Gasteiger partial charge in [0, 0.05) is 24.3 Å². The number of ether oxygens (including phenoxy) is 2. The van der Waals surface area contributed by atoms with Crippen LogP contribution in [-0.4, -0.2) is 51.8 Å². The third-order valence-corrected chi connectivity index (χ3v) is 5.51. The number of piperidine rings is 1. The Labute approximate surface area is 201 Å². The summed E-state index contributed by atoms with van der Waals surface area (Å²) in [6, 6.07) is 10.6. The summed E-state index contributed by atoms with van der Waals surface area (Å²) in [7, 11) is 0. The minimum atomic E-state index is -1.22. The molecular formula is C25H35N5O4. The molecule has 2 amide bonds. The van der Waals surface area contributed by atoms with Crippen LogP contribution in [0.25, 0.3) is 0 Å². The van der Waals surface area contributed by atoms with E-state index in [1.54, 1.807) is 34.6 Å². The van der Waals surface area contributed by atoms with E-state index < -0.39 is 17.3 Å². The highest BCUT2D eigenvalue weighted by molar-refractivity contribution is 5.87. The van der Waals surface area contributed by atoms with E-state index in [9.17, 15) is 9.59 Å². The van der Waals surface area contributed by atoms with E-state index in [0.29, 0.717) is 0 Å². The van der Waals surface area contributed by atoms with Crippen molar-refractivity contribution >= 4 is 23.4 Å². The fourth-order valence-electron chi connectivity index (χ4n) is 3.85. The molecule has 2 N–H and O–H groups in total. The SMILES string of the molecule is CC1CC(NC(=O)C(C)(C)Oc2ncncc2NC(=O)OC(C)(C)C)CCN1c1ccccc1. The van der Waals surface area contributed by atoms with Crippen LogP contribution in [-0.2, 0) is 9.53 Å². The zero-order valence-corrected chi connectivity index (χ0v) is 20.8. The molecule has 0 radical (unpaired) electrons. The zero-order chi connectivity index (χ0) is 24.9. The summed E-state index contributed by atoms with van der Waals surface area (Å²) in [6.45, 7) is 11.7. The lowest BCUT2D eigenvalue weighted by molar-refractivity contribution is -0.135. The molecule has 0 bridgehead atoms. The van der Waals surface area contributed by atoms with Crippen LogP contribution >= 0.6 is 0 Å². The molecule has 2 atom stereocenters. The van der Waals surface area contributed by atoms with Gasteiger partial charge in [-0.15, -0.1) is 0 Å². The Balaban J connectivity index is 1.61. The van der Waals surface area contributed by atoms with Crippen LogP contribution in [0.2, 0.25) is 0 Å². The van der Waals surface area contributed by atoms with Gasteiger partial charge in [-0.2, -0.15) is 4.98 Å². The number of nitrogens with zero attached hydrogens (tertiary/aromatic N) is 3. The van der Waals surface area contributed by atoms with Crippen LogP contribution in [0.1, 0.15) is 54.4 Å². The number of hydrogen-bond donors (Lipinski definition) is 2. The number of benzene rings is 1. The van der Waals surface area contributed by atoms with Crippen LogP contribution in [0, 0.1) is 0 Å². The molecule has 2 heterocycles. The molecule has 1 aromatic carbocycles. The fraction of sp³-hybridized carbons (Fsp3) is 0.520. The Kier molecular flexibility index (Phi) is 7.64. The summed E-state index contributed by atoms with van der Waals surface area (Å²) in [5, 5.41) is 5.71. The van der Waals surface area contributed by atoms with Crippen LogP contribution in [0.5, 0.6) is 5.88 Å². The second kappa shape index (κ2) is 10.3. The smallest absolute Gasteiger partial charge is 0.412 e. The molecule has 0 spiro atoms. The van der Waals surface area contributed by atoms with Crippen molar-refractivity contribution in [1.29, 1.82) is 0 Å². The molecule has 2 aromatic rings. The Morgan fingerprint density at radius 2 is 1.82 bits per heavy atom. The normalized spacial score (nSPS) is 18.7. The topological polar surface area (TPSA) is 106 Å². The highest BCUT2D eigenvalue weighted by atomic mass is 16.6. The van der Waals surface area contributed by atoms with Gasteiger partial charge in [0.05, 0.1) is 6.20 Å². The summed E-state index contributed by atoms with van der Waals surface area (Å²) in [5.41, 5.74) is -0.467. The second-order valence-electron chi connectivity index (χ2n) is 10.1. The number of carbonyl (C=O) groups is 2. The highest BCUT2D eigenvalue weighted by Gasteiger charge is 2.35. The molecule has 1 aromatic heterocycles. The Bertz CT molecular complexity index is 990. The van der Waals surface area contributed by atoms with Gasteiger partial charge in [0.1, 0.15) is 17.6 Å². The molecule has 0 saturated carbocycles. The molecule has 1 saturated heterocycles. The van der Waals surface area contributed by atoms with E-state index in [0.717, 1.165) is 19.4 Å². The number of nitrogens with one attached hydrogen (secondary N) is 2. The molecular weight excluding hydrogens is 434 g/mol. The molecule has 1 fully saturated rings. The van der Waals surface area contributed by atoms with Crippen LogP contribution in [0.15, 0.2) is 42.9 Å². The Morgan fingerprint density at radius 3 is 2.47 bits per heavy atom. The maximum absolute atomic E-state index is 13.1. The molecule has 3 rings (SSSR count). The third kappa shape index (κ3) is 6.82. The number of amides is 2. The van der Waals surface area contributed by atoms with E-state index in [1.165, 1.54) is 18.2 Å². The van der Waals surface area contributed by atoms with Crippen molar-refractivity contribution in [1.82, 2.24) is 15.3 Å². The summed E-state index contributed by atoms with van der Waals surface area (Å²) >= 11 is 0. The summed E-state index contributed by atoms with van der Waals surface area (Å²) in [5.74, 6) is -0.159. The predicted molar refractivity (Wildman–Crippen MR) is 131 cm³/mol. The maximum atomic E-state index is 13.1. The number of para-hydroxylation sites is 1. The van der Waals surface area contributed by atoms with Crippen molar-refractivity contribution < 1.29 is 19.1 Å². The van der Waals surface area contributed by atoms with Gasteiger partial charge >= 0.3 is 6.09 Å². The number of aromatic nitrogens is 2. The van der Waals surface area contributed by atoms with E-state index in [-0.39, 0.29) is 29.6 Å². The Morgan fingerprint density at radius 1 is 1.12 bits per heavy atom. The van der Waals surface area contributed by atoms with E-state index in [4.69, 9.17) is 9.47 Å². The fourth-order valence-corrected chi connectivity index (χ4v) is 3.85. The standard InChI is InChI=1S/C25H35N5O4/c1-17-14-18(12-13-30(17)19-10-8-7-9-11-19)28-22(31)25(5,6)33-21-20(15-26-16-27-21)29-23(32)34-24(2,3)4/h7-11,15-18H,12-14H2,1-6H3,(H,28,31)(H,29,32). The van der Waals surface area contributed by atoms with Crippen molar-refractivity contribution in [2.45, 2.75) is 77.7 Å². The molecule has 9 nitrogen and oxygen atoms in total. The molecule has 0 aliphatic carbocycles. The molecule has 34 heavy (non-hydrogen) atoms. The van der Waals surface area contributed by atoms with E-state index in [2.05, 4.69) is 44.6 Å². The quantitative estimate of drug-likeness (QED) is 0.654. The van der Waals surface area contributed by atoms with E-state index in [1.807, 2.05) is 18.2 Å². The van der Waals surface area contributed by atoms with Crippen molar-refractivity contribution in [3.63, 3.8) is 0 Å². The summed E-state index contributed by atoms with van der Waals surface area (Å²) in [6.07, 6.45) is 3.70. The summed E-state index contributed by atoms with van der Waals surface area (Å²) in [4.78, 5) is 35.7. The van der Waals surface area contributed by atoms with Crippen molar-refractivity contribution in [3.05, 3.63) is 42.9 Å². The number of anilines is 2. The number of hydrogen-bond acceptors (Lipinski definition) is 7. The van der Waals surface area contributed by atoms with Gasteiger partial charge in [-0.3, -0.25) is 10.1 Å². The average molecular weight is 470 g/mol. The third-order valence-electron chi connectivity index (χ3n) is 5.51. The van der Waals surface area contributed by atoms with E-state index >= 15 is 0 Å². The van der Waals surface area contributed by atoms with Crippen molar-refractivity contribution in [2.75, 3.05) is 16.8 Å². The number of rotatable bonds is 6. The van der Waals surface area contributed by atoms with Crippen LogP contribution in [0.3, 0.4) is 0 Å². The van der Waals surface area contributed by atoms with Crippen LogP contribution in [0.4, 0.5) is 16.2 Å². The first-order valence-corrected chi connectivity index (χ1v) is 11.6. The minimum absolute atomic E-state index is 0.0371. The van der Waals surface area contributed by atoms with Gasteiger partial charge in [0.25, 0.3) is 5.91 Å². The first kappa shape index (κ1) is 25.3. The van der Waals surface area contributed by atoms with Gasteiger partial charge < -0.3 is 19.7 Å². The maximum Gasteiger partial charge on any atom is 0.412 e. The van der Waals surface area contributed by atoms with Gasteiger partial charge in [0.2, 0.25) is 5.88 Å². The average Bonchev–Trinajstić information content (AvgIpc) is 2.74. The molecule has 1 aliphatic heterocycles. The molecule has 2 unspecified atom stereocenters. The molecule has 184 valence electrons. The zero-order valence-electron chi connectivity index (χ0n) is 20.8. The second-order valence-corrected chi connectivity index (χ2v) is 10.1. The van der Waals surface area contributed by atoms with Crippen molar-refractivity contribution in [2.24, 2.45) is 0 Å². The monoisotopic (exact) mass is 469 g/mol. The van der Waals surface area contributed by atoms with Crippen LogP contribution < -0.4 is 20.3 Å². The summed E-state index contributed by atoms with van der Waals surface area (Å²) < 4.78 is 11.2. The Hall–Kier alpha value is -3.36. The predicted octanol–water partition coefficient (Wildman–Crippen LogP) is 4.15. The largest absolute Gasteiger partial charge is 0.460 e. The molecule has 1 aliphatic rings. The first-order valence-electron chi connectivity index (χ1n) is 11.6. The molecule has 9 heteroatoms.